The number of hydrogen-bond donors (Lipinski definition) is 1. The van der Waals surface area contributed by atoms with Crippen molar-refractivity contribution < 1.29 is 4.74 Å². The molecule has 0 aliphatic heterocycles. The number of benzene rings is 1. The number of aryl methyl sites for hydroxylation is 1. The predicted octanol–water partition coefficient (Wildman–Crippen LogP) is 4.88. The van der Waals surface area contributed by atoms with Gasteiger partial charge < -0.3 is 10.1 Å². The Morgan fingerprint density at radius 2 is 2.19 bits per heavy atom. The van der Waals surface area contributed by atoms with Gasteiger partial charge in [-0.1, -0.05) is 39.2 Å². The van der Waals surface area contributed by atoms with Crippen molar-refractivity contribution in [1.82, 2.24) is 5.32 Å². The Bertz CT molecular complexity index is 430. The molecule has 0 radical (unpaired) electrons. The molecule has 1 aliphatic carbocycles. The van der Waals surface area contributed by atoms with Crippen LogP contribution in [0.25, 0.3) is 0 Å². The van der Waals surface area contributed by atoms with Crippen LogP contribution in [0, 0.1) is 5.92 Å². The van der Waals surface area contributed by atoms with Gasteiger partial charge in [-0.15, -0.1) is 0 Å². The first-order chi connectivity index (χ1) is 10.3. The van der Waals surface area contributed by atoms with E-state index in [4.69, 9.17) is 4.74 Å². The Hall–Kier alpha value is -1.02. The van der Waals surface area contributed by atoms with Gasteiger partial charge in [-0.05, 0) is 61.4 Å². The number of nitrogens with one attached hydrogen (secondary N) is 1. The highest BCUT2D eigenvalue weighted by Gasteiger charge is 2.21. The van der Waals surface area contributed by atoms with E-state index >= 15 is 0 Å². The molecule has 118 valence electrons. The van der Waals surface area contributed by atoms with E-state index in [1.54, 1.807) is 7.11 Å². The standard InChI is InChI=1S/C19H31NO/c1-4-6-8-15(5-2)14-20-19-10-7-9-16-11-12-17(21-3)13-18(16)19/h11-13,15,19-20H,4-10,14H2,1-3H3. The van der Waals surface area contributed by atoms with Crippen LogP contribution < -0.4 is 10.1 Å². The van der Waals surface area contributed by atoms with Gasteiger partial charge in [0, 0.05) is 6.04 Å². The molecular formula is C19H31NO. The first kappa shape index (κ1) is 16.4. The van der Waals surface area contributed by atoms with Crippen molar-refractivity contribution in [2.24, 2.45) is 5.92 Å². The fourth-order valence-corrected chi connectivity index (χ4v) is 3.37. The molecule has 1 aromatic carbocycles. The quantitative estimate of drug-likeness (QED) is 0.736. The molecule has 0 fully saturated rings. The zero-order valence-electron chi connectivity index (χ0n) is 14.0. The Labute approximate surface area is 130 Å². The van der Waals surface area contributed by atoms with Crippen LogP contribution >= 0.6 is 0 Å². The SMILES string of the molecule is CCCCC(CC)CNC1CCCc2ccc(OC)cc21. The maximum Gasteiger partial charge on any atom is 0.119 e. The molecule has 0 spiro atoms. The Balaban J connectivity index is 1.98. The summed E-state index contributed by atoms with van der Waals surface area (Å²) in [5.41, 5.74) is 2.96. The lowest BCUT2D eigenvalue weighted by molar-refractivity contribution is 0.368. The molecular weight excluding hydrogens is 258 g/mol. The number of methoxy groups -OCH3 is 1. The largest absolute Gasteiger partial charge is 0.497 e. The van der Waals surface area contributed by atoms with Crippen molar-refractivity contribution in [3.05, 3.63) is 29.3 Å². The fourth-order valence-electron chi connectivity index (χ4n) is 3.37. The van der Waals surface area contributed by atoms with E-state index in [0.29, 0.717) is 6.04 Å². The molecule has 1 aromatic rings. The summed E-state index contributed by atoms with van der Waals surface area (Å²) >= 11 is 0. The minimum Gasteiger partial charge on any atom is -0.497 e. The third-order valence-corrected chi connectivity index (χ3v) is 4.86. The second kappa shape index (κ2) is 8.43. The van der Waals surface area contributed by atoms with Gasteiger partial charge in [0.2, 0.25) is 0 Å². The Kier molecular flexibility index (Phi) is 6.56. The molecule has 0 amide bonds. The summed E-state index contributed by atoms with van der Waals surface area (Å²) in [6.07, 6.45) is 9.06. The van der Waals surface area contributed by atoms with Gasteiger partial charge in [0.1, 0.15) is 5.75 Å². The van der Waals surface area contributed by atoms with Gasteiger partial charge in [0.25, 0.3) is 0 Å². The topological polar surface area (TPSA) is 21.3 Å². The van der Waals surface area contributed by atoms with Crippen LogP contribution in [0.15, 0.2) is 18.2 Å². The Morgan fingerprint density at radius 3 is 2.90 bits per heavy atom. The third kappa shape index (κ3) is 4.47. The molecule has 0 heterocycles. The molecule has 1 N–H and O–H groups in total. The lowest BCUT2D eigenvalue weighted by Gasteiger charge is -2.28. The second-order valence-corrected chi connectivity index (χ2v) is 6.33. The van der Waals surface area contributed by atoms with E-state index in [0.717, 1.165) is 18.2 Å². The first-order valence-corrected chi connectivity index (χ1v) is 8.68. The molecule has 1 aliphatic rings. The number of unbranched alkanes of at least 4 members (excludes halogenated alkanes) is 1. The summed E-state index contributed by atoms with van der Waals surface area (Å²) < 4.78 is 5.40. The smallest absolute Gasteiger partial charge is 0.119 e. The average Bonchev–Trinajstić information content (AvgIpc) is 2.54. The lowest BCUT2D eigenvalue weighted by Crippen LogP contribution is -2.29. The van der Waals surface area contributed by atoms with Gasteiger partial charge in [0.05, 0.1) is 7.11 Å². The Morgan fingerprint density at radius 1 is 1.33 bits per heavy atom. The molecule has 2 unspecified atom stereocenters. The van der Waals surface area contributed by atoms with Crippen LogP contribution in [-0.2, 0) is 6.42 Å². The van der Waals surface area contributed by atoms with Gasteiger partial charge in [-0.2, -0.15) is 0 Å². The summed E-state index contributed by atoms with van der Waals surface area (Å²) in [5.74, 6) is 1.81. The summed E-state index contributed by atoms with van der Waals surface area (Å²) in [4.78, 5) is 0. The zero-order valence-corrected chi connectivity index (χ0v) is 14.0. The number of fused-ring (bicyclic) bond motifs is 1. The number of hydrogen-bond acceptors (Lipinski definition) is 2. The van der Waals surface area contributed by atoms with Crippen LogP contribution in [0.1, 0.15) is 69.5 Å². The molecule has 21 heavy (non-hydrogen) atoms. The highest BCUT2D eigenvalue weighted by atomic mass is 16.5. The van der Waals surface area contributed by atoms with E-state index < -0.39 is 0 Å². The van der Waals surface area contributed by atoms with Crippen LogP contribution in [0.4, 0.5) is 0 Å². The summed E-state index contributed by atoms with van der Waals surface area (Å²) in [5, 5.41) is 3.83. The maximum atomic E-state index is 5.40. The predicted molar refractivity (Wildman–Crippen MR) is 90.0 cm³/mol. The van der Waals surface area contributed by atoms with Crippen molar-refractivity contribution in [2.75, 3.05) is 13.7 Å². The monoisotopic (exact) mass is 289 g/mol. The fraction of sp³-hybridized carbons (Fsp3) is 0.684. The average molecular weight is 289 g/mol. The van der Waals surface area contributed by atoms with Gasteiger partial charge >= 0.3 is 0 Å². The second-order valence-electron chi connectivity index (χ2n) is 6.33. The maximum absolute atomic E-state index is 5.40. The third-order valence-electron chi connectivity index (χ3n) is 4.86. The number of ether oxygens (including phenoxy) is 1. The molecule has 2 atom stereocenters. The van der Waals surface area contributed by atoms with Gasteiger partial charge in [0.15, 0.2) is 0 Å². The van der Waals surface area contributed by atoms with Crippen molar-refractivity contribution in [3.8, 4) is 5.75 Å². The minimum atomic E-state index is 0.513. The van der Waals surface area contributed by atoms with Gasteiger partial charge in [-0.3, -0.25) is 0 Å². The first-order valence-electron chi connectivity index (χ1n) is 8.68. The lowest BCUT2D eigenvalue weighted by atomic mass is 9.87. The van der Waals surface area contributed by atoms with E-state index in [-0.39, 0.29) is 0 Å². The van der Waals surface area contributed by atoms with Crippen molar-refractivity contribution >= 4 is 0 Å². The van der Waals surface area contributed by atoms with Crippen LogP contribution in [0.5, 0.6) is 5.75 Å². The summed E-state index contributed by atoms with van der Waals surface area (Å²) in [7, 11) is 1.75. The molecule has 0 saturated carbocycles. The van der Waals surface area contributed by atoms with E-state index in [1.165, 1.54) is 56.1 Å². The molecule has 0 aromatic heterocycles. The van der Waals surface area contributed by atoms with Crippen LogP contribution in [0.3, 0.4) is 0 Å². The van der Waals surface area contributed by atoms with E-state index in [1.807, 2.05) is 0 Å². The molecule has 2 rings (SSSR count). The highest BCUT2D eigenvalue weighted by molar-refractivity contribution is 5.39. The molecule has 0 saturated heterocycles. The van der Waals surface area contributed by atoms with E-state index in [9.17, 15) is 0 Å². The van der Waals surface area contributed by atoms with Crippen molar-refractivity contribution in [3.63, 3.8) is 0 Å². The summed E-state index contributed by atoms with van der Waals surface area (Å²) in [6.45, 7) is 5.75. The van der Waals surface area contributed by atoms with E-state index in [2.05, 4.69) is 37.4 Å². The molecule has 2 nitrogen and oxygen atoms in total. The van der Waals surface area contributed by atoms with Gasteiger partial charge in [-0.25, -0.2) is 0 Å². The molecule has 0 bridgehead atoms. The van der Waals surface area contributed by atoms with Crippen LogP contribution in [-0.4, -0.2) is 13.7 Å². The van der Waals surface area contributed by atoms with Crippen LogP contribution in [0.2, 0.25) is 0 Å². The molecule has 2 heteroatoms. The highest BCUT2D eigenvalue weighted by Crippen LogP contribution is 2.32. The van der Waals surface area contributed by atoms with Crippen molar-refractivity contribution in [1.29, 1.82) is 0 Å². The normalized spacial score (nSPS) is 19.1. The summed E-state index contributed by atoms with van der Waals surface area (Å²) in [6, 6.07) is 7.09. The van der Waals surface area contributed by atoms with Crippen molar-refractivity contribution in [2.45, 2.75) is 64.8 Å². The zero-order chi connectivity index (χ0) is 15.1. The number of rotatable bonds is 8. The minimum absolute atomic E-state index is 0.513.